The molecule has 0 aromatic carbocycles. The van der Waals surface area contributed by atoms with E-state index in [0.29, 0.717) is 5.41 Å². The molecule has 0 unspecified atom stereocenters. The monoisotopic (exact) mass is 280 g/mol. The summed E-state index contributed by atoms with van der Waals surface area (Å²) in [7, 11) is 1.80. The third-order valence-electron chi connectivity index (χ3n) is 4.74. The second kappa shape index (κ2) is 5.92. The Bertz CT molecular complexity index is 387. The van der Waals surface area contributed by atoms with Crippen LogP contribution in [0.2, 0.25) is 0 Å². The van der Waals surface area contributed by atoms with Crippen LogP contribution in [0.1, 0.15) is 24.8 Å². The first-order valence-electron chi connectivity index (χ1n) is 7.29. The minimum Gasteiger partial charge on any atom is -0.383 e. The Morgan fingerprint density at radius 3 is 3.00 bits per heavy atom. The van der Waals surface area contributed by atoms with Gasteiger partial charge in [-0.2, -0.15) is 11.3 Å². The second-order valence-electron chi connectivity index (χ2n) is 5.93. The van der Waals surface area contributed by atoms with Gasteiger partial charge in [-0.25, -0.2) is 0 Å². The molecule has 2 fully saturated rings. The molecule has 1 spiro atoms. The molecular formula is C15H24N2OS. The standard InChI is InChI=1S/C15H24N2OS/c1-18-8-7-17(11-13-2-9-19-12-13)14-10-15(14)3-5-16-6-4-15/h2,9,12,14,16H,3-8,10-11H2,1H3/t14-/m1/s1. The van der Waals surface area contributed by atoms with Gasteiger partial charge < -0.3 is 10.1 Å². The molecule has 1 aromatic rings. The van der Waals surface area contributed by atoms with Crippen LogP contribution in [-0.4, -0.2) is 44.3 Å². The van der Waals surface area contributed by atoms with Gasteiger partial charge in [0.15, 0.2) is 0 Å². The van der Waals surface area contributed by atoms with Crippen molar-refractivity contribution in [2.75, 3.05) is 33.4 Å². The van der Waals surface area contributed by atoms with Crippen LogP contribution in [0.3, 0.4) is 0 Å². The molecule has 1 aliphatic heterocycles. The van der Waals surface area contributed by atoms with Crippen LogP contribution < -0.4 is 5.32 Å². The highest BCUT2D eigenvalue weighted by Crippen LogP contribution is 2.55. The van der Waals surface area contributed by atoms with Gasteiger partial charge in [0.25, 0.3) is 0 Å². The maximum atomic E-state index is 5.29. The van der Waals surface area contributed by atoms with Crippen LogP contribution in [0, 0.1) is 5.41 Å². The summed E-state index contributed by atoms with van der Waals surface area (Å²) in [6.07, 6.45) is 4.10. The van der Waals surface area contributed by atoms with Crippen LogP contribution in [-0.2, 0) is 11.3 Å². The molecule has 3 nitrogen and oxygen atoms in total. The van der Waals surface area contributed by atoms with E-state index >= 15 is 0 Å². The first-order valence-corrected chi connectivity index (χ1v) is 8.23. The van der Waals surface area contributed by atoms with Crippen molar-refractivity contribution >= 4 is 11.3 Å². The fourth-order valence-electron chi connectivity index (χ4n) is 3.48. The van der Waals surface area contributed by atoms with Gasteiger partial charge >= 0.3 is 0 Å². The first kappa shape index (κ1) is 13.6. The zero-order valence-corrected chi connectivity index (χ0v) is 12.5. The lowest BCUT2D eigenvalue weighted by molar-refractivity contribution is 0.123. The number of ether oxygens (including phenoxy) is 1. The molecule has 0 bridgehead atoms. The number of hydrogen-bond acceptors (Lipinski definition) is 4. The predicted octanol–water partition coefficient (Wildman–Crippen LogP) is 2.34. The number of methoxy groups -OCH3 is 1. The number of hydrogen-bond donors (Lipinski definition) is 1. The average Bonchev–Trinajstić information content (AvgIpc) is 2.89. The Balaban J connectivity index is 1.62. The van der Waals surface area contributed by atoms with Crippen molar-refractivity contribution in [3.8, 4) is 0 Å². The summed E-state index contributed by atoms with van der Waals surface area (Å²) >= 11 is 1.80. The van der Waals surface area contributed by atoms with E-state index < -0.39 is 0 Å². The van der Waals surface area contributed by atoms with Gasteiger partial charge in [-0.3, -0.25) is 4.90 Å². The molecule has 0 amide bonds. The number of thiophene rings is 1. The fourth-order valence-corrected chi connectivity index (χ4v) is 4.14. The van der Waals surface area contributed by atoms with E-state index in [0.717, 1.165) is 25.7 Å². The number of nitrogens with zero attached hydrogens (tertiary/aromatic N) is 1. The van der Waals surface area contributed by atoms with Crippen molar-refractivity contribution in [3.05, 3.63) is 22.4 Å². The molecule has 1 atom stereocenters. The molecule has 1 aromatic heterocycles. The summed E-state index contributed by atoms with van der Waals surface area (Å²) in [5.74, 6) is 0. The van der Waals surface area contributed by atoms with E-state index in [4.69, 9.17) is 4.74 Å². The lowest BCUT2D eigenvalue weighted by Crippen LogP contribution is -2.37. The van der Waals surface area contributed by atoms with Gasteiger partial charge in [0.05, 0.1) is 6.61 Å². The van der Waals surface area contributed by atoms with Crippen molar-refractivity contribution in [1.29, 1.82) is 0 Å². The van der Waals surface area contributed by atoms with Crippen LogP contribution in [0.4, 0.5) is 0 Å². The number of rotatable bonds is 6. The number of piperidine rings is 1. The molecule has 19 heavy (non-hydrogen) atoms. The first-order chi connectivity index (χ1) is 9.34. The van der Waals surface area contributed by atoms with Crippen molar-refractivity contribution in [2.45, 2.75) is 31.8 Å². The highest BCUT2D eigenvalue weighted by Gasteiger charge is 2.56. The van der Waals surface area contributed by atoms with Gasteiger partial charge in [0, 0.05) is 26.2 Å². The molecule has 4 heteroatoms. The van der Waals surface area contributed by atoms with Gasteiger partial charge in [-0.05, 0) is 60.2 Å². The Labute approximate surface area is 119 Å². The lowest BCUT2D eigenvalue weighted by atomic mass is 9.93. The lowest BCUT2D eigenvalue weighted by Gasteiger charge is -2.29. The SMILES string of the molecule is COCCN(Cc1ccsc1)[C@@H]1CC12CCNCC2. The number of nitrogens with one attached hydrogen (secondary N) is 1. The Morgan fingerprint density at radius 2 is 2.32 bits per heavy atom. The van der Waals surface area contributed by atoms with Crippen LogP contribution in [0.15, 0.2) is 16.8 Å². The smallest absolute Gasteiger partial charge is 0.0589 e. The summed E-state index contributed by atoms with van der Waals surface area (Å²) in [6.45, 7) is 5.40. The summed E-state index contributed by atoms with van der Waals surface area (Å²) < 4.78 is 5.29. The van der Waals surface area contributed by atoms with Crippen LogP contribution >= 0.6 is 11.3 Å². The highest BCUT2D eigenvalue weighted by molar-refractivity contribution is 7.07. The normalized spacial score (nSPS) is 25.1. The molecule has 2 aliphatic rings. The highest BCUT2D eigenvalue weighted by atomic mass is 32.1. The molecule has 1 N–H and O–H groups in total. The van der Waals surface area contributed by atoms with E-state index in [1.54, 1.807) is 18.4 Å². The predicted molar refractivity (Wildman–Crippen MR) is 79.5 cm³/mol. The average molecular weight is 280 g/mol. The molecule has 1 saturated heterocycles. The minimum atomic E-state index is 0.620. The van der Waals surface area contributed by atoms with Crippen molar-refractivity contribution in [2.24, 2.45) is 5.41 Å². The maximum absolute atomic E-state index is 5.29. The van der Waals surface area contributed by atoms with Gasteiger partial charge in [-0.1, -0.05) is 0 Å². The van der Waals surface area contributed by atoms with Crippen molar-refractivity contribution in [1.82, 2.24) is 10.2 Å². The van der Waals surface area contributed by atoms with Crippen molar-refractivity contribution in [3.63, 3.8) is 0 Å². The van der Waals surface area contributed by atoms with E-state index in [1.807, 2.05) is 0 Å². The summed E-state index contributed by atoms with van der Waals surface area (Å²) in [6, 6.07) is 3.03. The topological polar surface area (TPSA) is 24.5 Å². The van der Waals surface area contributed by atoms with Gasteiger partial charge in [0.2, 0.25) is 0 Å². The summed E-state index contributed by atoms with van der Waals surface area (Å²) in [5, 5.41) is 7.94. The molecule has 3 rings (SSSR count). The zero-order valence-electron chi connectivity index (χ0n) is 11.7. The molecule has 106 valence electrons. The summed E-state index contributed by atoms with van der Waals surface area (Å²) in [5.41, 5.74) is 2.08. The Morgan fingerprint density at radius 1 is 1.47 bits per heavy atom. The molecular weight excluding hydrogens is 256 g/mol. The van der Waals surface area contributed by atoms with E-state index in [9.17, 15) is 0 Å². The molecule has 1 saturated carbocycles. The molecule has 1 aliphatic carbocycles. The second-order valence-corrected chi connectivity index (χ2v) is 6.71. The minimum absolute atomic E-state index is 0.620. The van der Waals surface area contributed by atoms with E-state index in [1.165, 1.54) is 37.9 Å². The summed E-state index contributed by atoms with van der Waals surface area (Å²) in [4.78, 5) is 2.65. The van der Waals surface area contributed by atoms with Crippen LogP contribution in [0.25, 0.3) is 0 Å². The van der Waals surface area contributed by atoms with Gasteiger partial charge in [0.1, 0.15) is 0 Å². The maximum Gasteiger partial charge on any atom is 0.0589 e. The molecule has 2 heterocycles. The largest absolute Gasteiger partial charge is 0.383 e. The van der Waals surface area contributed by atoms with Crippen molar-refractivity contribution < 1.29 is 4.74 Å². The third-order valence-corrected chi connectivity index (χ3v) is 5.47. The van der Waals surface area contributed by atoms with Crippen LogP contribution in [0.5, 0.6) is 0 Å². The zero-order chi connectivity index (χ0) is 13.1. The third kappa shape index (κ3) is 3.02. The van der Waals surface area contributed by atoms with Gasteiger partial charge in [-0.15, -0.1) is 0 Å². The van der Waals surface area contributed by atoms with E-state index in [-0.39, 0.29) is 0 Å². The Kier molecular flexibility index (Phi) is 4.22. The quantitative estimate of drug-likeness (QED) is 0.865. The molecule has 0 radical (unpaired) electrons. The van der Waals surface area contributed by atoms with E-state index in [2.05, 4.69) is 27.0 Å². The Hall–Kier alpha value is -0.420. The fraction of sp³-hybridized carbons (Fsp3) is 0.733.